The molecule has 0 spiro atoms. The lowest BCUT2D eigenvalue weighted by Crippen LogP contribution is -2.00. The van der Waals surface area contributed by atoms with E-state index in [1.807, 2.05) is 13.0 Å². The van der Waals surface area contributed by atoms with Crippen LogP contribution in [-0.4, -0.2) is 11.7 Å². The van der Waals surface area contributed by atoms with Gasteiger partial charge >= 0.3 is 0 Å². The van der Waals surface area contributed by atoms with Crippen LogP contribution >= 0.6 is 0 Å². The van der Waals surface area contributed by atoms with Crippen molar-refractivity contribution >= 4 is 0 Å². The summed E-state index contributed by atoms with van der Waals surface area (Å²) in [4.78, 5) is 0. The Kier molecular flexibility index (Phi) is 7.18. The van der Waals surface area contributed by atoms with E-state index in [1.54, 1.807) is 30.3 Å². The highest BCUT2D eigenvalue weighted by atomic mass is 19.2. The smallest absolute Gasteiger partial charge is 0.201 e. The fourth-order valence-electron chi connectivity index (χ4n) is 3.55. The van der Waals surface area contributed by atoms with Crippen LogP contribution in [0.2, 0.25) is 0 Å². The highest BCUT2D eigenvalue weighted by Gasteiger charge is 2.16. The molecule has 34 heavy (non-hydrogen) atoms. The standard InChI is InChI=1S/C28H23F3O3/c1-2-33-16-19-5-12-23(25(29)15-19)20-6-3-18(4-7-20)17-34-26-14-13-24(27(30)28(26)31)21-8-10-22(32)11-9-21/h3-15,32H,2,16-17H2,1H3. The molecule has 0 amide bonds. The Balaban J connectivity index is 1.44. The molecule has 0 heterocycles. The van der Waals surface area contributed by atoms with Crippen molar-refractivity contribution in [2.45, 2.75) is 20.1 Å². The van der Waals surface area contributed by atoms with Gasteiger partial charge in [-0.1, -0.05) is 48.5 Å². The predicted molar refractivity (Wildman–Crippen MR) is 125 cm³/mol. The molecule has 6 heteroatoms. The number of phenols is 1. The van der Waals surface area contributed by atoms with Crippen LogP contribution in [-0.2, 0) is 18.0 Å². The minimum atomic E-state index is -1.09. The van der Waals surface area contributed by atoms with Gasteiger partial charge in [-0.05, 0) is 59.5 Å². The molecule has 4 aromatic rings. The van der Waals surface area contributed by atoms with Crippen LogP contribution in [0, 0.1) is 17.5 Å². The van der Waals surface area contributed by atoms with E-state index in [9.17, 15) is 18.3 Å². The number of hydrogen-bond acceptors (Lipinski definition) is 3. The van der Waals surface area contributed by atoms with E-state index >= 15 is 0 Å². The first-order chi connectivity index (χ1) is 16.5. The Hall–Kier alpha value is -3.77. The van der Waals surface area contributed by atoms with Gasteiger partial charge in [0.1, 0.15) is 18.2 Å². The minimum absolute atomic E-state index is 0.0188. The van der Waals surface area contributed by atoms with Crippen molar-refractivity contribution < 1.29 is 27.8 Å². The van der Waals surface area contributed by atoms with Gasteiger partial charge in [-0.2, -0.15) is 4.39 Å². The molecule has 174 valence electrons. The van der Waals surface area contributed by atoms with E-state index < -0.39 is 11.6 Å². The normalized spacial score (nSPS) is 10.9. The number of ether oxygens (including phenoxy) is 2. The summed E-state index contributed by atoms with van der Waals surface area (Å²) in [5, 5.41) is 9.37. The molecule has 3 nitrogen and oxygen atoms in total. The van der Waals surface area contributed by atoms with Crippen LogP contribution in [0.4, 0.5) is 13.2 Å². The zero-order valence-corrected chi connectivity index (χ0v) is 18.5. The molecular formula is C28H23F3O3. The quantitative estimate of drug-likeness (QED) is 0.298. The van der Waals surface area contributed by atoms with Crippen molar-refractivity contribution in [2.75, 3.05) is 6.61 Å². The van der Waals surface area contributed by atoms with Gasteiger partial charge in [0, 0.05) is 17.7 Å². The number of rotatable bonds is 8. The highest BCUT2D eigenvalue weighted by molar-refractivity contribution is 5.66. The van der Waals surface area contributed by atoms with Crippen molar-refractivity contribution in [3.63, 3.8) is 0 Å². The first kappa shape index (κ1) is 23.4. The molecule has 0 aliphatic heterocycles. The van der Waals surface area contributed by atoms with Crippen LogP contribution in [0.5, 0.6) is 11.5 Å². The lowest BCUT2D eigenvalue weighted by atomic mass is 10.0. The van der Waals surface area contributed by atoms with Gasteiger partial charge in [-0.15, -0.1) is 0 Å². The maximum absolute atomic E-state index is 14.6. The molecule has 0 saturated heterocycles. The number of halogens is 3. The van der Waals surface area contributed by atoms with E-state index in [0.717, 1.165) is 11.1 Å². The summed E-state index contributed by atoms with van der Waals surface area (Å²) in [5.74, 6) is -2.62. The zero-order chi connectivity index (χ0) is 24.1. The largest absolute Gasteiger partial charge is 0.508 e. The fourth-order valence-corrected chi connectivity index (χ4v) is 3.55. The second-order valence-corrected chi connectivity index (χ2v) is 7.72. The van der Waals surface area contributed by atoms with Gasteiger partial charge < -0.3 is 14.6 Å². The molecule has 0 aliphatic carbocycles. The van der Waals surface area contributed by atoms with Crippen LogP contribution < -0.4 is 4.74 Å². The van der Waals surface area contributed by atoms with Gasteiger partial charge in [0.25, 0.3) is 0 Å². The first-order valence-corrected chi connectivity index (χ1v) is 10.8. The molecule has 0 bridgehead atoms. The molecule has 0 saturated carbocycles. The lowest BCUT2D eigenvalue weighted by Gasteiger charge is -2.11. The average molecular weight is 464 g/mol. The van der Waals surface area contributed by atoms with E-state index in [1.165, 1.54) is 42.5 Å². The van der Waals surface area contributed by atoms with Crippen molar-refractivity contribution in [1.82, 2.24) is 0 Å². The molecule has 1 N–H and O–H groups in total. The van der Waals surface area contributed by atoms with Gasteiger partial charge in [-0.25, -0.2) is 8.78 Å². The summed E-state index contributed by atoms with van der Waals surface area (Å²) < 4.78 is 54.5. The van der Waals surface area contributed by atoms with Crippen molar-refractivity contribution in [3.8, 4) is 33.8 Å². The van der Waals surface area contributed by atoms with Crippen molar-refractivity contribution in [2.24, 2.45) is 0 Å². The summed E-state index contributed by atoms with van der Waals surface area (Å²) in [7, 11) is 0. The Morgan fingerprint density at radius 2 is 1.29 bits per heavy atom. The third kappa shape index (κ3) is 5.24. The average Bonchev–Trinajstić information content (AvgIpc) is 2.85. The topological polar surface area (TPSA) is 38.7 Å². The second kappa shape index (κ2) is 10.4. The lowest BCUT2D eigenvalue weighted by molar-refractivity contribution is 0.134. The van der Waals surface area contributed by atoms with Gasteiger partial charge in [-0.3, -0.25) is 0 Å². The molecule has 0 unspecified atom stereocenters. The number of aromatic hydroxyl groups is 1. The minimum Gasteiger partial charge on any atom is -0.508 e. The van der Waals surface area contributed by atoms with Crippen LogP contribution in [0.15, 0.2) is 78.9 Å². The maximum atomic E-state index is 14.6. The Morgan fingerprint density at radius 1 is 0.676 bits per heavy atom. The summed E-state index contributed by atoms with van der Waals surface area (Å²) in [6, 6.07) is 20.6. The Bertz CT molecular complexity index is 1270. The summed E-state index contributed by atoms with van der Waals surface area (Å²) >= 11 is 0. The molecule has 0 aromatic heterocycles. The third-order valence-corrected chi connectivity index (χ3v) is 5.39. The molecule has 4 rings (SSSR count). The molecule has 0 aliphatic rings. The van der Waals surface area contributed by atoms with Crippen molar-refractivity contribution in [1.29, 1.82) is 0 Å². The van der Waals surface area contributed by atoms with Crippen LogP contribution in [0.3, 0.4) is 0 Å². The number of phenolic OH excluding ortho intramolecular Hbond substituents is 1. The molecular weight excluding hydrogens is 441 g/mol. The zero-order valence-electron chi connectivity index (χ0n) is 18.5. The molecule has 0 atom stereocenters. The Morgan fingerprint density at radius 3 is 1.97 bits per heavy atom. The maximum Gasteiger partial charge on any atom is 0.201 e. The van der Waals surface area contributed by atoms with E-state index in [-0.39, 0.29) is 29.5 Å². The van der Waals surface area contributed by atoms with E-state index in [0.29, 0.717) is 29.9 Å². The molecule has 0 radical (unpaired) electrons. The highest BCUT2D eigenvalue weighted by Crippen LogP contribution is 2.31. The summed E-state index contributed by atoms with van der Waals surface area (Å²) in [5.41, 5.74) is 3.15. The Labute approximate surface area is 196 Å². The molecule has 4 aromatic carbocycles. The fraction of sp³-hybridized carbons (Fsp3) is 0.143. The SMILES string of the molecule is CCOCc1ccc(-c2ccc(COc3ccc(-c4ccc(O)cc4)c(F)c3F)cc2)c(F)c1. The number of hydrogen-bond donors (Lipinski definition) is 1. The van der Waals surface area contributed by atoms with Gasteiger partial charge in [0.15, 0.2) is 11.6 Å². The molecule has 0 fully saturated rings. The van der Waals surface area contributed by atoms with Crippen molar-refractivity contribution in [3.05, 3.63) is 107 Å². The number of benzene rings is 4. The first-order valence-electron chi connectivity index (χ1n) is 10.8. The summed E-state index contributed by atoms with van der Waals surface area (Å²) in [6.45, 7) is 2.82. The van der Waals surface area contributed by atoms with E-state index in [4.69, 9.17) is 9.47 Å². The van der Waals surface area contributed by atoms with Crippen LogP contribution in [0.1, 0.15) is 18.1 Å². The second-order valence-electron chi connectivity index (χ2n) is 7.72. The van der Waals surface area contributed by atoms with E-state index in [2.05, 4.69) is 0 Å². The third-order valence-electron chi connectivity index (χ3n) is 5.39. The monoisotopic (exact) mass is 464 g/mol. The summed E-state index contributed by atoms with van der Waals surface area (Å²) in [6.07, 6.45) is 0. The van der Waals surface area contributed by atoms with Gasteiger partial charge in [0.05, 0.1) is 6.61 Å². The van der Waals surface area contributed by atoms with Gasteiger partial charge in [0.2, 0.25) is 5.82 Å². The van der Waals surface area contributed by atoms with Crippen LogP contribution in [0.25, 0.3) is 22.3 Å². The predicted octanol–water partition coefficient (Wildman–Crippen LogP) is 7.26.